The zero-order chi connectivity index (χ0) is 12.1. The molecule has 0 aromatic rings. The SMILES string of the molecule is CCCCCS(=O)C1C(C)CC(C)CC1N. The highest BCUT2D eigenvalue weighted by atomic mass is 32.2. The van der Waals surface area contributed by atoms with Crippen LogP contribution in [0.4, 0.5) is 0 Å². The third-order valence-electron chi connectivity index (χ3n) is 3.68. The third-order valence-corrected chi connectivity index (χ3v) is 5.80. The first-order valence-corrected chi connectivity index (χ1v) is 8.07. The summed E-state index contributed by atoms with van der Waals surface area (Å²) in [6.45, 7) is 6.66. The number of unbranched alkanes of at least 4 members (excludes halogenated alkanes) is 2. The molecule has 3 heteroatoms. The summed E-state index contributed by atoms with van der Waals surface area (Å²) in [5.74, 6) is 2.08. The molecule has 16 heavy (non-hydrogen) atoms. The first-order chi connectivity index (χ1) is 7.56. The summed E-state index contributed by atoms with van der Waals surface area (Å²) in [6.07, 6.45) is 5.72. The Labute approximate surface area is 103 Å². The molecule has 1 aliphatic carbocycles. The van der Waals surface area contributed by atoms with Gasteiger partial charge in [0.15, 0.2) is 0 Å². The van der Waals surface area contributed by atoms with Crippen molar-refractivity contribution < 1.29 is 4.21 Å². The lowest BCUT2D eigenvalue weighted by molar-refractivity contribution is 0.275. The van der Waals surface area contributed by atoms with Gasteiger partial charge in [0.25, 0.3) is 0 Å². The molecule has 0 aliphatic heterocycles. The number of rotatable bonds is 5. The van der Waals surface area contributed by atoms with Gasteiger partial charge in [0.2, 0.25) is 0 Å². The molecule has 0 spiro atoms. The minimum absolute atomic E-state index is 0.154. The molecule has 2 N–H and O–H groups in total. The molecule has 0 radical (unpaired) electrons. The van der Waals surface area contributed by atoms with Gasteiger partial charge in [-0.05, 0) is 31.1 Å². The van der Waals surface area contributed by atoms with Crippen LogP contribution in [0.2, 0.25) is 0 Å². The Morgan fingerprint density at radius 3 is 2.50 bits per heavy atom. The summed E-state index contributed by atoms with van der Waals surface area (Å²) in [6, 6.07) is 0.154. The molecule has 0 aromatic heterocycles. The fraction of sp³-hybridized carbons (Fsp3) is 1.00. The molecule has 0 heterocycles. The van der Waals surface area contributed by atoms with E-state index in [4.69, 9.17) is 5.73 Å². The molecule has 1 fully saturated rings. The average Bonchev–Trinajstić information content (AvgIpc) is 2.16. The molecule has 1 saturated carbocycles. The van der Waals surface area contributed by atoms with Crippen LogP contribution >= 0.6 is 0 Å². The fourth-order valence-corrected chi connectivity index (χ4v) is 4.86. The van der Waals surface area contributed by atoms with E-state index in [1.165, 1.54) is 19.3 Å². The van der Waals surface area contributed by atoms with Crippen LogP contribution in [0.5, 0.6) is 0 Å². The lowest BCUT2D eigenvalue weighted by Gasteiger charge is -2.37. The maximum absolute atomic E-state index is 12.2. The summed E-state index contributed by atoms with van der Waals surface area (Å²) >= 11 is 0. The molecule has 1 aliphatic rings. The molecule has 1 rings (SSSR count). The van der Waals surface area contributed by atoms with E-state index in [2.05, 4.69) is 20.8 Å². The van der Waals surface area contributed by atoms with Crippen LogP contribution < -0.4 is 5.73 Å². The summed E-state index contributed by atoms with van der Waals surface area (Å²) in [4.78, 5) is 0. The third kappa shape index (κ3) is 3.85. The van der Waals surface area contributed by atoms with Crippen molar-refractivity contribution in [3.05, 3.63) is 0 Å². The van der Waals surface area contributed by atoms with Gasteiger partial charge >= 0.3 is 0 Å². The summed E-state index contributed by atoms with van der Waals surface area (Å²) in [5.41, 5.74) is 6.17. The van der Waals surface area contributed by atoms with Gasteiger partial charge in [-0.2, -0.15) is 0 Å². The standard InChI is InChI=1S/C13H27NOS/c1-4-5-6-7-16(15)13-11(3)8-10(2)9-12(13)14/h10-13H,4-9,14H2,1-3H3. The summed E-state index contributed by atoms with van der Waals surface area (Å²) < 4.78 is 12.2. The van der Waals surface area contributed by atoms with Crippen molar-refractivity contribution >= 4 is 10.8 Å². The molecule has 0 amide bonds. The van der Waals surface area contributed by atoms with Gasteiger partial charge in [-0.25, -0.2) is 0 Å². The van der Waals surface area contributed by atoms with Crippen molar-refractivity contribution in [3.63, 3.8) is 0 Å². The van der Waals surface area contributed by atoms with Crippen molar-refractivity contribution in [2.75, 3.05) is 5.75 Å². The summed E-state index contributed by atoms with van der Waals surface area (Å²) in [5, 5.41) is 0.244. The van der Waals surface area contributed by atoms with Crippen molar-refractivity contribution in [2.24, 2.45) is 17.6 Å². The van der Waals surface area contributed by atoms with Crippen molar-refractivity contribution in [2.45, 2.75) is 64.2 Å². The van der Waals surface area contributed by atoms with Gasteiger partial charge in [0.05, 0.1) is 5.25 Å². The topological polar surface area (TPSA) is 43.1 Å². The molecule has 5 atom stereocenters. The van der Waals surface area contributed by atoms with Crippen LogP contribution in [-0.2, 0) is 10.8 Å². The molecular formula is C13H27NOS. The minimum Gasteiger partial charge on any atom is -0.327 e. The molecule has 0 aromatic carbocycles. The molecule has 0 saturated heterocycles. The van der Waals surface area contributed by atoms with Gasteiger partial charge in [-0.1, -0.05) is 33.6 Å². The molecular weight excluding hydrogens is 218 g/mol. The van der Waals surface area contributed by atoms with Gasteiger partial charge < -0.3 is 5.73 Å². The normalized spacial score (nSPS) is 37.2. The first kappa shape index (κ1) is 14.2. The van der Waals surface area contributed by atoms with E-state index < -0.39 is 10.8 Å². The van der Waals surface area contributed by atoms with E-state index in [-0.39, 0.29) is 11.3 Å². The molecule has 2 nitrogen and oxygen atoms in total. The highest BCUT2D eigenvalue weighted by Crippen LogP contribution is 2.31. The lowest BCUT2D eigenvalue weighted by Crippen LogP contribution is -2.47. The number of nitrogens with two attached hydrogens (primary N) is 1. The van der Waals surface area contributed by atoms with Crippen molar-refractivity contribution in [3.8, 4) is 0 Å². The fourth-order valence-electron chi connectivity index (χ4n) is 2.97. The predicted octanol–water partition coefficient (Wildman–Crippen LogP) is 2.69. The highest BCUT2D eigenvalue weighted by molar-refractivity contribution is 7.85. The van der Waals surface area contributed by atoms with E-state index in [0.29, 0.717) is 11.8 Å². The number of hydrogen-bond acceptors (Lipinski definition) is 2. The Morgan fingerprint density at radius 2 is 1.94 bits per heavy atom. The molecule has 96 valence electrons. The zero-order valence-electron chi connectivity index (χ0n) is 10.9. The quantitative estimate of drug-likeness (QED) is 0.757. The van der Waals surface area contributed by atoms with Crippen LogP contribution in [0.1, 0.15) is 52.9 Å². The van der Waals surface area contributed by atoms with Crippen LogP contribution in [-0.4, -0.2) is 21.3 Å². The van der Waals surface area contributed by atoms with Crippen molar-refractivity contribution in [1.82, 2.24) is 0 Å². The van der Waals surface area contributed by atoms with Gasteiger partial charge in [0, 0.05) is 22.6 Å². The lowest BCUT2D eigenvalue weighted by atomic mass is 9.80. The van der Waals surface area contributed by atoms with E-state index in [0.717, 1.165) is 18.6 Å². The Kier molecular flexibility index (Phi) is 5.98. The highest BCUT2D eigenvalue weighted by Gasteiger charge is 2.35. The smallest absolute Gasteiger partial charge is 0.0524 e. The Morgan fingerprint density at radius 1 is 1.25 bits per heavy atom. The van der Waals surface area contributed by atoms with Gasteiger partial charge in [-0.3, -0.25) is 4.21 Å². The van der Waals surface area contributed by atoms with E-state index in [1.54, 1.807) is 0 Å². The van der Waals surface area contributed by atoms with Crippen LogP contribution in [0, 0.1) is 11.8 Å². The zero-order valence-corrected chi connectivity index (χ0v) is 11.8. The Balaban J connectivity index is 2.47. The second kappa shape index (κ2) is 6.75. The molecule has 0 bridgehead atoms. The second-order valence-electron chi connectivity index (χ2n) is 5.47. The van der Waals surface area contributed by atoms with E-state index in [1.807, 2.05) is 0 Å². The summed E-state index contributed by atoms with van der Waals surface area (Å²) in [7, 11) is -0.708. The van der Waals surface area contributed by atoms with E-state index in [9.17, 15) is 4.21 Å². The average molecular weight is 245 g/mol. The maximum Gasteiger partial charge on any atom is 0.0524 e. The Hall–Kier alpha value is 0.110. The van der Waals surface area contributed by atoms with Crippen LogP contribution in [0.3, 0.4) is 0 Å². The Bertz CT molecular complexity index is 220. The largest absolute Gasteiger partial charge is 0.327 e. The molecule has 5 unspecified atom stereocenters. The van der Waals surface area contributed by atoms with Gasteiger partial charge in [-0.15, -0.1) is 0 Å². The second-order valence-corrected chi connectivity index (χ2v) is 7.19. The van der Waals surface area contributed by atoms with E-state index >= 15 is 0 Å². The van der Waals surface area contributed by atoms with Crippen molar-refractivity contribution in [1.29, 1.82) is 0 Å². The monoisotopic (exact) mass is 245 g/mol. The predicted molar refractivity (Wildman–Crippen MR) is 71.9 cm³/mol. The minimum atomic E-state index is -0.708. The van der Waals surface area contributed by atoms with Crippen LogP contribution in [0.15, 0.2) is 0 Å². The first-order valence-electron chi connectivity index (χ1n) is 6.69. The van der Waals surface area contributed by atoms with Gasteiger partial charge in [0.1, 0.15) is 0 Å². The number of hydrogen-bond donors (Lipinski definition) is 1. The maximum atomic E-state index is 12.2. The van der Waals surface area contributed by atoms with Crippen LogP contribution in [0.25, 0.3) is 0 Å².